The third kappa shape index (κ3) is 2.51. The molecule has 0 bridgehead atoms. The first-order valence-corrected chi connectivity index (χ1v) is 8.71. The molecule has 24 heavy (non-hydrogen) atoms. The number of nitrogens with zero attached hydrogens (tertiary/aromatic N) is 2. The number of hydrogen-bond acceptors (Lipinski definition) is 4. The van der Waals surface area contributed by atoms with Gasteiger partial charge in [0.15, 0.2) is 17.5 Å². The van der Waals surface area contributed by atoms with E-state index in [1.165, 1.54) is 9.80 Å². The standard InChI is InChI=1S/C18H21N3O3/c1-2-21-16(22)11-14(18(21)23)20-9-7-12(8-10-20)17-19-13-5-3-4-6-15(13)24-17/h3-6,12,14H,2,7-11H2,1H3/p+1/t14-/m1/s1. The lowest BCUT2D eigenvalue weighted by Gasteiger charge is -2.30. The van der Waals surface area contributed by atoms with Crippen LogP contribution in [0, 0.1) is 0 Å². The maximum Gasteiger partial charge on any atom is 0.287 e. The Labute approximate surface area is 140 Å². The molecule has 4 rings (SSSR count). The zero-order chi connectivity index (χ0) is 16.7. The van der Waals surface area contributed by atoms with Gasteiger partial charge in [-0.15, -0.1) is 0 Å². The number of carbonyl (C=O) groups is 2. The average Bonchev–Trinajstić information content (AvgIpc) is 3.16. The van der Waals surface area contributed by atoms with Crippen LogP contribution in [0.15, 0.2) is 28.7 Å². The van der Waals surface area contributed by atoms with Crippen LogP contribution in [0.4, 0.5) is 0 Å². The molecule has 2 amide bonds. The number of likely N-dealkylation sites (N-methyl/N-ethyl adjacent to an activating group) is 1. The molecule has 126 valence electrons. The number of quaternary nitrogens is 1. The summed E-state index contributed by atoms with van der Waals surface area (Å²) in [6.45, 7) is 4.09. The van der Waals surface area contributed by atoms with Crippen molar-refractivity contribution < 1.29 is 18.9 Å². The number of nitrogens with one attached hydrogen (secondary N) is 1. The van der Waals surface area contributed by atoms with Crippen molar-refractivity contribution in [1.82, 2.24) is 9.88 Å². The molecule has 0 radical (unpaired) electrons. The maximum absolute atomic E-state index is 12.4. The number of carbonyl (C=O) groups excluding carboxylic acids is 2. The van der Waals surface area contributed by atoms with E-state index < -0.39 is 0 Å². The molecule has 0 unspecified atom stereocenters. The topological polar surface area (TPSA) is 67.8 Å². The van der Waals surface area contributed by atoms with Crippen molar-refractivity contribution in [3.8, 4) is 0 Å². The Balaban J connectivity index is 1.43. The highest BCUT2D eigenvalue weighted by atomic mass is 16.3. The summed E-state index contributed by atoms with van der Waals surface area (Å²) < 4.78 is 5.89. The zero-order valence-electron chi connectivity index (χ0n) is 13.8. The third-order valence-electron chi connectivity index (χ3n) is 5.34. The highest BCUT2D eigenvalue weighted by molar-refractivity contribution is 6.04. The molecule has 1 aromatic heterocycles. The van der Waals surface area contributed by atoms with Gasteiger partial charge in [0.25, 0.3) is 5.91 Å². The van der Waals surface area contributed by atoms with E-state index in [2.05, 4.69) is 4.98 Å². The van der Waals surface area contributed by atoms with Gasteiger partial charge in [-0.2, -0.15) is 0 Å². The largest absolute Gasteiger partial charge is 0.440 e. The number of likely N-dealkylation sites (tertiary alicyclic amines) is 2. The summed E-state index contributed by atoms with van der Waals surface area (Å²) >= 11 is 0. The number of oxazole rings is 1. The molecule has 2 fully saturated rings. The lowest BCUT2D eigenvalue weighted by molar-refractivity contribution is -0.920. The van der Waals surface area contributed by atoms with Gasteiger partial charge >= 0.3 is 0 Å². The van der Waals surface area contributed by atoms with Crippen LogP contribution in [0.5, 0.6) is 0 Å². The number of rotatable bonds is 3. The molecule has 2 aliphatic rings. The molecule has 2 aromatic rings. The molecule has 0 saturated carbocycles. The van der Waals surface area contributed by atoms with Crippen molar-refractivity contribution >= 4 is 22.9 Å². The number of aromatic nitrogens is 1. The summed E-state index contributed by atoms with van der Waals surface area (Å²) in [6.07, 6.45) is 2.23. The summed E-state index contributed by atoms with van der Waals surface area (Å²) in [5.41, 5.74) is 1.73. The molecule has 1 N–H and O–H groups in total. The fraction of sp³-hybridized carbons (Fsp3) is 0.500. The summed E-state index contributed by atoms with van der Waals surface area (Å²) in [6, 6.07) is 7.62. The minimum atomic E-state index is -0.193. The van der Waals surface area contributed by atoms with E-state index in [0.717, 1.165) is 42.9 Å². The smallest absolute Gasteiger partial charge is 0.287 e. The van der Waals surface area contributed by atoms with Crippen LogP contribution in [0.3, 0.4) is 0 Å². The second-order valence-electron chi connectivity index (χ2n) is 6.69. The molecule has 0 spiro atoms. The Kier molecular flexibility index (Phi) is 3.84. The molecule has 1 aromatic carbocycles. The first-order chi connectivity index (χ1) is 11.7. The average molecular weight is 328 g/mol. The van der Waals surface area contributed by atoms with Crippen LogP contribution < -0.4 is 4.90 Å². The molecule has 6 nitrogen and oxygen atoms in total. The number of hydrogen-bond donors (Lipinski definition) is 1. The first kappa shape index (κ1) is 15.3. The van der Waals surface area contributed by atoms with Crippen LogP contribution in [0.1, 0.15) is 38.0 Å². The minimum absolute atomic E-state index is 0.00203. The van der Waals surface area contributed by atoms with Crippen LogP contribution in [-0.4, -0.2) is 47.4 Å². The van der Waals surface area contributed by atoms with Crippen molar-refractivity contribution in [3.05, 3.63) is 30.2 Å². The van der Waals surface area contributed by atoms with Crippen LogP contribution in [0.25, 0.3) is 11.1 Å². The molecular weight excluding hydrogens is 306 g/mol. The van der Waals surface area contributed by atoms with E-state index in [1.54, 1.807) is 0 Å². The van der Waals surface area contributed by atoms with Gasteiger partial charge < -0.3 is 9.32 Å². The number of piperidine rings is 1. The van der Waals surface area contributed by atoms with Crippen molar-refractivity contribution in [2.75, 3.05) is 19.6 Å². The lowest BCUT2D eigenvalue weighted by atomic mass is 9.95. The zero-order valence-corrected chi connectivity index (χ0v) is 13.8. The SMILES string of the molecule is CCN1C(=O)C[C@@H]([NH+]2CCC(c3nc4ccccc4o3)CC2)C1=O. The highest BCUT2D eigenvalue weighted by Crippen LogP contribution is 2.27. The summed E-state index contributed by atoms with van der Waals surface area (Å²) in [7, 11) is 0. The first-order valence-electron chi connectivity index (χ1n) is 8.71. The van der Waals surface area contributed by atoms with E-state index in [1.807, 2.05) is 31.2 Å². The number of para-hydroxylation sites is 2. The number of imide groups is 1. The number of benzene rings is 1. The van der Waals surface area contributed by atoms with Gasteiger partial charge in [0.05, 0.1) is 19.5 Å². The van der Waals surface area contributed by atoms with Crippen molar-refractivity contribution in [2.24, 2.45) is 0 Å². The molecular formula is C18H22N3O3+. The van der Waals surface area contributed by atoms with Gasteiger partial charge in [0.1, 0.15) is 5.52 Å². The van der Waals surface area contributed by atoms with Crippen molar-refractivity contribution in [3.63, 3.8) is 0 Å². The highest BCUT2D eigenvalue weighted by Gasteiger charge is 2.45. The quantitative estimate of drug-likeness (QED) is 0.844. The Morgan fingerprint density at radius 2 is 2.00 bits per heavy atom. The summed E-state index contributed by atoms with van der Waals surface area (Å²) in [5.74, 6) is 1.08. The Bertz CT molecular complexity index is 744. The predicted molar refractivity (Wildman–Crippen MR) is 87.5 cm³/mol. The molecule has 2 aliphatic heterocycles. The Morgan fingerprint density at radius 3 is 2.67 bits per heavy atom. The van der Waals surface area contributed by atoms with Crippen LogP contribution >= 0.6 is 0 Å². The van der Waals surface area contributed by atoms with Gasteiger partial charge in [-0.05, 0) is 19.1 Å². The fourth-order valence-corrected chi connectivity index (χ4v) is 3.98. The molecule has 1 atom stereocenters. The van der Waals surface area contributed by atoms with Crippen LogP contribution in [0.2, 0.25) is 0 Å². The van der Waals surface area contributed by atoms with E-state index >= 15 is 0 Å². The van der Waals surface area contributed by atoms with Crippen molar-refractivity contribution in [1.29, 1.82) is 0 Å². The molecule has 3 heterocycles. The Morgan fingerprint density at radius 1 is 1.25 bits per heavy atom. The number of amides is 2. The minimum Gasteiger partial charge on any atom is -0.440 e. The van der Waals surface area contributed by atoms with Gasteiger partial charge in [-0.1, -0.05) is 12.1 Å². The van der Waals surface area contributed by atoms with E-state index in [9.17, 15) is 9.59 Å². The van der Waals surface area contributed by atoms with Gasteiger partial charge in [-0.25, -0.2) is 4.98 Å². The lowest BCUT2D eigenvalue weighted by Crippen LogP contribution is -3.17. The van der Waals surface area contributed by atoms with Gasteiger partial charge in [0.2, 0.25) is 5.91 Å². The fourth-order valence-electron chi connectivity index (χ4n) is 3.98. The maximum atomic E-state index is 12.4. The normalized spacial score (nSPS) is 28.0. The molecule has 0 aliphatic carbocycles. The third-order valence-corrected chi connectivity index (χ3v) is 5.34. The Hall–Kier alpha value is -2.21. The molecule has 6 heteroatoms. The number of fused-ring (bicyclic) bond motifs is 1. The molecule has 2 saturated heterocycles. The predicted octanol–water partition coefficient (Wildman–Crippen LogP) is 0.738. The van der Waals surface area contributed by atoms with Crippen LogP contribution in [-0.2, 0) is 9.59 Å². The van der Waals surface area contributed by atoms with E-state index in [0.29, 0.717) is 18.9 Å². The van der Waals surface area contributed by atoms with Gasteiger partial charge in [-0.3, -0.25) is 14.5 Å². The summed E-state index contributed by atoms with van der Waals surface area (Å²) in [5, 5.41) is 0. The van der Waals surface area contributed by atoms with Crippen molar-refractivity contribution in [2.45, 2.75) is 38.1 Å². The second-order valence-corrected chi connectivity index (χ2v) is 6.69. The van der Waals surface area contributed by atoms with Gasteiger partial charge in [0, 0.05) is 25.3 Å². The monoisotopic (exact) mass is 328 g/mol. The summed E-state index contributed by atoms with van der Waals surface area (Å²) in [4.78, 5) is 31.5. The van der Waals surface area contributed by atoms with E-state index in [-0.39, 0.29) is 17.9 Å². The second kappa shape index (κ2) is 6.02. The van der Waals surface area contributed by atoms with E-state index in [4.69, 9.17) is 4.42 Å².